The van der Waals surface area contributed by atoms with Gasteiger partial charge in [0.15, 0.2) is 0 Å². The summed E-state index contributed by atoms with van der Waals surface area (Å²) in [4.78, 5) is 23.6. The average Bonchev–Trinajstić information content (AvgIpc) is 2.45. The fourth-order valence-corrected chi connectivity index (χ4v) is 1.97. The summed E-state index contributed by atoms with van der Waals surface area (Å²) >= 11 is 11.8. The van der Waals surface area contributed by atoms with Crippen LogP contribution in [0.4, 0.5) is 10.5 Å². The van der Waals surface area contributed by atoms with Crippen molar-refractivity contribution in [3.8, 4) is 0 Å². The maximum atomic E-state index is 11.4. The van der Waals surface area contributed by atoms with Gasteiger partial charge < -0.3 is 0 Å². The van der Waals surface area contributed by atoms with Crippen molar-refractivity contribution in [1.29, 1.82) is 0 Å². The molecule has 78 valence electrons. The van der Waals surface area contributed by atoms with Gasteiger partial charge in [-0.1, -0.05) is 29.3 Å². The van der Waals surface area contributed by atoms with Gasteiger partial charge in [0, 0.05) is 0 Å². The number of amides is 3. The Hall–Kier alpha value is -1.26. The molecule has 0 unspecified atom stereocenters. The van der Waals surface area contributed by atoms with Crippen LogP contribution in [0.1, 0.15) is 0 Å². The standard InChI is InChI=1S/C9H6Cl2N2O2/c10-5-2-1-3-6(11)8(5)13-4-7(14)12-9(13)15/h1-3H,4H2,(H,12,14,15). The van der Waals surface area contributed by atoms with Gasteiger partial charge in [0.05, 0.1) is 15.7 Å². The Morgan fingerprint density at radius 3 is 2.27 bits per heavy atom. The molecule has 0 atom stereocenters. The topological polar surface area (TPSA) is 49.4 Å². The molecule has 1 aromatic rings. The van der Waals surface area contributed by atoms with Crippen LogP contribution in [0.25, 0.3) is 0 Å². The van der Waals surface area contributed by atoms with Gasteiger partial charge in [0.2, 0.25) is 5.91 Å². The Labute approximate surface area is 95.8 Å². The molecular weight excluding hydrogens is 239 g/mol. The molecule has 3 amide bonds. The highest BCUT2D eigenvalue weighted by atomic mass is 35.5. The van der Waals surface area contributed by atoms with Gasteiger partial charge >= 0.3 is 6.03 Å². The largest absolute Gasteiger partial charge is 0.329 e. The highest BCUT2D eigenvalue weighted by Gasteiger charge is 2.30. The van der Waals surface area contributed by atoms with E-state index in [4.69, 9.17) is 23.2 Å². The van der Waals surface area contributed by atoms with Crippen LogP contribution in [-0.4, -0.2) is 18.5 Å². The second kappa shape index (κ2) is 3.72. The molecule has 1 aliphatic rings. The van der Waals surface area contributed by atoms with Crippen molar-refractivity contribution in [3.05, 3.63) is 28.2 Å². The molecule has 1 saturated heterocycles. The fraction of sp³-hybridized carbons (Fsp3) is 0.111. The van der Waals surface area contributed by atoms with Crippen LogP contribution in [0.2, 0.25) is 10.0 Å². The molecule has 6 heteroatoms. The summed E-state index contributed by atoms with van der Waals surface area (Å²) in [6.45, 7) is -0.0533. The van der Waals surface area contributed by atoms with Crippen LogP contribution >= 0.6 is 23.2 Å². The highest BCUT2D eigenvalue weighted by molar-refractivity contribution is 6.40. The first-order valence-electron chi connectivity index (χ1n) is 4.15. The van der Waals surface area contributed by atoms with Gasteiger partial charge in [-0.3, -0.25) is 15.0 Å². The summed E-state index contributed by atoms with van der Waals surface area (Å²) in [5.74, 6) is -0.365. The maximum absolute atomic E-state index is 11.4. The average molecular weight is 245 g/mol. The molecule has 1 heterocycles. The molecule has 0 bridgehead atoms. The summed E-state index contributed by atoms with van der Waals surface area (Å²) in [5, 5.41) is 2.83. The van der Waals surface area contributed by atoms with E-state index in [9.17, 15) is 9.59 Å². The molecule has 1 N–H and O–H groups in total. The summed E-state index contributed by atoms with van der Waals surface area (Å²) in [6, 6.07) is 4.39. The number of hydrogen-bond donors (Lipinski definition) is 1. The molecule has 1 aliphatic heterocycles. The van der Waals surface area contributed by atoms with Crippen molar-refractivity contribution in [3.63, 3.8) is 0 Å². The highest BCUT2D eigenvalue weighted by Crippen LogP contribution is 2.34. The SMILES string of the molecule is O=C1CN(c2c(Cl)cccc2Cl)C(=O)N1. The van der Waals surface area contributed by atoms with Crippen molar-refractivity contribution < 1.29 is 9.59 Å². The second-order valence-electron chi connectivity index (χ2n) is 3.01. The lowest BCUT2D eigenvalue weighted by Crippen LogP contribution is -2.28. The van der Waals surface area contributed by atoms with E-state index in [1.54, 1.807) is 18.2 Å². The number of hydrogen-bond acceptors (Lipinski definition) is 2. The molecular formula is C9H6Cl2N2O2. The lowest BCUT2D eigenvalue weighted by molar-refractivity contribution is -0.117. The number of rotatable bonds is 1. The Bertz CT molecular complexity index is 427. The van der Waals surface area contributed by atoms with Crippen molar-refractivity contribution in [2.24, 2.45) is 0 Å². The van der Waals surface area contributed by atoms with Crippen LogP contribution in [0.5, 0.6) is 0 Å². The number of carbonyl (C=O) groups is 2. The molecule has 4 nitrogen and oxygen atoms in total. The van der Waals surface area contributed by atoms with Gasteiger partial charge in [-0.2, -0.15) is 0 Å². The van der Waals surface area contributed by atoms with Gasteiger partial charge in [0.25, 0.3) is 0 Å². The van der Waals surface area contributed by atoms with E-state index in [-0.39, 0.29) is 12.5 Å². The number of carbonyl (C=O) groups excluding carboxylic acids is 2. The first-order valence-corrected chi connectivity index (χ1v) is 4.90. The molecule has 1 aromatic carbocycles. The third kappa shape index (κ3) is 1.78. The normalized spacial score (nSPS) is 15.7. The monoisotopic (exact) mass is 244 g/mol. The van der Waals surface area contributed by atoms with E-state index < -0.39 is 6.03 Å². The van der Waals surface area contributed by atoms with Crippen LogP contribution < -0.4 is 10.2 Å². The number of imide groups is 1. The zero-order valence-corrected chi connectivity index (χ0v) is 8.97. The molecule has 0 saturated carbocycles. The number of urea groups is 1. The molecule has 0 aromatic heterocycles. The first-order chi connectivity index (χ1) is 7.09. The van der Waals surface area contributed by atoms with Crippen molar-refractivity contribution in [2.45, 2.75) is 0 Å². The summed E-state index contributed by atoms with van der Waals surface area (Å²) in [5.41, 5.74) is 0.365. The van der Waals surface area contributed by atoms with E-state index >= 15 is 0 Å². The minimum Gasteiger partial charge on any atom is -0.282 e. The number of para-hydroxylation sites is 1. The Morgan fingerprint density at radius 2 is 1.80 bits per heavy atom. The van der Waals surface area contributed by atoms with Crippen LogP contribution in [0, 0.1) is 0 Å². The van der Waals surface area contributed by atoms with Gasteiger partial charge in [0.1, 0.15) is 6.54 Å². The van der Waals surface area contributed by atoms with Crippen molar-refractivity contribution in [1.82, 2.24) is 5.32 Å². The quantitative estimate of drug-likeness (QED) is 0.769. The molecule has 15 heavy (non-hydrogen) atoms. The lowest BCUT2D eigenvalue weighted by Gasteiger charge is -2.16. The van der Waals surface area contributed by atoms with Gasteiger partial charge in [-0.05, 0) is 12.1 Å². The zero-order chi connectivity index (χ0) is 11.0. The van der Waals surface area contributed by atoms with E-state index in [0.717, 1.165) is 0 Å². The Kier molecular flexibility index (Phi) is 2.54. The summed E-state index contributed by atoms with van der Waals surface area (Å²) < 4.78 is 0. The smallest absolute Gasteiger partial charge is 0.282 e. The lowest BCUT2D eigenvalue weighted by atomic mass is 10.3. The van der Waals surface area contributed by atoms with Crippen LogP contribution in [0.3, 0.4) is 0 Å². The predicted octanol–water partition coefficient (Wildman–Crippen LogP) is 2.05. The number of anilines is 1. The first kappa shape index (κ1) is 10.3. The van der Waals surface area contributed by atoms with Crippen LogP contribution in [-0.2, 0) is 4.79 Å². The minimum absolute atomic E-state index is 0.0533. The zero-order valence-electron chi connectivity index (χ0n) is 7.46. The third-order valence-electron chi connectivity index (χ3n) is 2.00. The molecule has 2 rings (SSSR count). The van der Waals surface area contributed by atoms with E-state index in [2.05, 4.69) is 5.32 Å². The van der Waals surface area contributed by atoms with Gasteiger partial charge in [-0.15, -0.1) is 0 Å². The summed E-state index contributed by atoms with van der Waals surface area (Å²) in [7, 11) is 0. The Balaban J connectivity index is 2.46. The Morgan fingerprint density at radius 1 is 1.20 bits per heavy atom. The molecule has 0 radical (unpaired) electrons. The molecule has 0 spiro atoms. The summed E-state index contributed by atoms with van der Waals surface area (Å²) in [6.07, 6.45) is 0. The second-order valence-corrected chi connectivity index (χ2v) is 3.82. The van der Waals surface area contributed by atoms with E-state index in [0.29, 0.717) is 15.7 Å². The van der Waals surface area contributed by atoms with Crippen molar-refractivity contribution >= 4 is 40.8 Å². The van der Waals surface area contributed by atoms with E-state index in [1.807, 2.05) is 0 Å². The van der Waals surface area contributed by atoms with Gasteiger partial charge in [-0.25, -0.2) is 4.79 Å². The number of benzene rings is 1. The van der Waals surface area contributed by atoms with Crippen LogP contribution in [0.15, 0.2) is 18.2 Å². The number of nitrogens with zero attached hydrogens (tertiary/aromatic N) is 1. The van der Waals surface area contributed by atoms with Crippen molar-refractivity contribution in [2.75, 3.05) is 11.4 Å². The minimum atomic E-state index is -0.505. The number of halogens is 2. The molecule has 0 aliphatic carbocycles. The molecule has 1 fully saturated rings. The fourth-order valence-electron chi connectivity index (χ4n) is 1.37. The maximum Gasteiger partial charge on any atom is 0.329 e. The third-order valence-corrected chi connectivity index (χ3v) is 2.61. The number of nitrogens with one attached hydrogen (secondary N) is 1. The van der Waals surface area contributed by atoms with E-state index in [1.165, 1.54) is 4.90 Å². The predicted molar refractivity (Wildman–Crippen MR) is 57.3 cm³/mol.